The van der Waals surface area contributed by atoms with Crippen molar-refractivity contribution in [2.75, 3.05) is 13.2 Å². The first-order valence-electron chi connectivity index (χ1n) is 12.7. The topological polar surface area (TPSA) is 35.5 Å². The van der Waals surface area contributed by atoms with Crippen molar-refractivity contribution >= 4 is 11.5 Å². The van der Waals surface area contributed by atoms with Crippen molar-refractivity contribution in [1.29, 1.82) is 0 Å². The molecule has 0 aromatic heterocycles. The van der Waals surface area contributed by atoms with Crippen LogP contribution in [-0.2, 0) is 4.74 Å². The van der Waals surface area contributed by atoms with Crippen LogP contribution in [0.5, 0.6) is 5.75 Å². The molecule has 2 rings (SSSR count). The van der Waals surface area contributed by atoms with Gasteiger partial charge < -0.3 is 9.47 Å². The summed E-state index contributed by atoms with van der Waals surface area (Å²) in [6, 6.07) is 5.75. The van der Waals surface area contributed by atoms with Crippen molar-refractivity contribution in [1.82, 2.24) is 0 Å². The summed E-state index contributed by atoms with van der Waals surface area (Å²) in [6.07, 6.45) is 11.1. The van der Waals surface area contributed by atoms with Crippen molar-refractivity contribution in [2.24, 2.45) is 5.41 Å². The van der Waals surface area contributed by atoms with Crippen molar-refractivity contribution in [3.8, 4) is 5.75 Å². The summed E-state index contributed by atoms with van der Waals surface area (Å²) in [4.78, 5) is 12.7. The first-order chi connectivity index (χ1) is 15.8. The van der Waals surface area contributed by atoms with Gasteiger partial charge in [-0.1, -0.05) is 64.7 Å². The average molecular weight is 453 g/mol. The summed E-state index contributed by atoms with van der Waals surface area (Å²) < 4.78 is 11.6. The lowest BCUT2D eigenvalue weighted by molar-refractivity contribution is 0.0497. The van der Waals surface area contributed by atoms with Gasteiger partial charge in [-0.2, -0.15) is 0 Å². The van der Waals surface area contributed by atoms with Crippen molar-refractivity contribution in [2.45, 2.75) is 92.9 Å². The van der Waals surface area contributed by atoms with Gasteiger partial charge in [0, 0.05) is 5.56 Å². The van der Waals surface area contributed by atoms with Gasteiger partial charge in [-0.3, -0.25) is 0 Å². The van der Waals surface area contributed by atoms with Gasteiger partial charge in [-0.25, -0.2) is 4.79 Å². The molecule has 0 unspecified atom stereocenters. The lowest BCUT2D eigenvalue weighted by Gasteiger charge is -2.37. The quantitative estimate of drug-likeness (QED) is 0.181. The summed E-state index contributed by atoms with van der Waals surface area (Å²) in [5.41, 5.74) is 6.76. The molecule has 1 aromatic carbocycles. The molecular formula is C30H44O3. The van der Waals surface area contributed by atoms with E-state index in [9.17, 15) is 4.79 Å². The van der Waals surface area contributed by atoms with E-state index in [1.807, 2.05) is 31.2 Å². The van der Waals surface area contributed by atoms with E-state index in [0.717, 1.165) is 42.6 Å². The van der Waals surface area contributed by atoms with Gasteiger partial charge in [-0.05, 0) is 86.8 Å². The Hall–Kier alpha value is -2.29. The molecular weight excluding hydrogens is 408 g/mol. The number of rotatable bonds is 12. The molecule has 0 fully saturated rings. The summed E-state index contributed by atoms with van der Waals surface area (Å²) in [7, 11) is 0. The van der Waals surface area contributed by atoms with Crippen LogP contribution in [0.3, 0.4) is 0 Å². The van der Waals surface area contributed by atoms with Crippen LogP contribution in [0.25, 0.3) is 5.57 Å². The van der Waals surface area contributed by atoms with Crippen LogP contribution in [0, 0.1) is 5.41 Å². The molecule has 0 saturated heterocycles. The van der Waals surface area contributed by atoms with Crippen LogP contribution in [0.15, 0.2) is 47.6 Å². The van der Waals surface area contributed by atoms with Gasteiger partial charge in [0.05, 0.1) is 18.8 Å². The van der Waals surface area contributed by atoms with Crippen LogP contribution >= 0.6 is 0 Å². The first kappa shape index (κ1) is 27.0. The van der Waals surface area contributed by atoms with Crippen molar-refractivity contribution < 1.29 is 14.3 Å². The molecule has 0 amide bonds. The highest BCUT2D eigenvalue weighted by Crippen LogP contribution is 2.49. The molecule has 0 bridgehead atoms. The monoisotopic (exact) mass is 452 g/mol. The zero-order valence-corrected chi connectivity index (χ0v) is 21.8. The van der Waals surface area contributed by atoms with Gasteiger partial charge in [0.25, 0.3) is 0 Å². The molecule has 1 aromatic rings. The maximum Gasteiger partial charge on any atom is 0.338 e. The molecule has 3 nitrogen and oxygen atoms in total. The maximum absolute atomic E-state index is 12.7. The molecule has 33 heavy (non-hydrogen) atoms. The number of benzene rings is 1. The number of hydrogen-bond donors (Lipinski definition) is 0. The van der Waals surface area contributed by atoms with E-state index in [0.29, 0.717) is 18.8 Å². The minimum Gasteiger partial charge on any atom is -0.493 e. The molecule has 182 valence electrons. The lowest BCUT2D eigenvalue weighted by Crippen LogP contribution is -2.22. The Morgan fingerprint density at radius 3 is 2.52 bits per heavy atom. The van der Waals surface area contributed by atoms with E-state index in [4.69, 9.17) is 9.47 Å². The second-order valence-corrected chi connectivity index (χ2v) is 9.85. The number of hydrogen-bond acceptors (Lipinski definition) is 3. The summed E-state index contributed by atoms with van der Waals surface area (Å²) in [5, 5.41) is 0. The second-order valence-electron chi connectivity index (χ2n) is 9.85. The van der Waals surface area contributed by atoms with Crippen LogP contribution < -0.4 is 4.74 Å². The molecule has 0 saturated carbocycles. The van der Waals surface area contributed by atoms with Gasteiger partial charge in [0.2, 0.25) is 0 Å². The molecule has 0 atom stereocenters. The number of unbranched alkanes of at least 4 members (excludes halogenated alkanes) is 4. The number of carbonyl (C=O) groups is 1. The summed E-state index contributed by atoms with van der Waals surface area (Å²) >= 11 is 0. The van der Waals surface area contributed by atoms with Crippen LogP contribution in [0.4, 0.5) is 0 Å². The molecule has 3 heteroatoms. The van der Waals surface area contributed by atoms with Gasteiger partial charge >= 0.3 is 5.97 Å². The molecule has 1 aliphatic rings. The zero-order chi connectivity index (χ0) is 24.4. The van der Waals surface area contributed by atoms with Crippen molar-refractivity contribution in [3.05, 3.63) is 58.7 Å². The molecule has 1 aliphatic carbocycles. The van der Waals surface area contributed by atoms with E-state index in [2.05, 4.69) is 41.2 Å². The van der Waals surface area contributed by atoms with E-state index in [-0.39, 0.29) is 11.4 Å². The first-order valence-corrected chi connectivity index (χ1v) is 12.7. The fraction of sp³-hybridized carbons (Fsp3) is 0.567. The lowest BCUT2D eigenvalue weighted by atomic mass is 9.68. The number of ether oxygens (including phenoxy) is 2. The molecule has 0 radical (unpaired) electrons. The highest BCUT2D eigenvalue weighted by atomic mass is 16.5. The number of esters is 1. The third-order valence-corrected chi connectivity index (χ3v) is 6.68. The highest BCUT2D eigenvalue weighted by Gasteiger charge is 2.33. The highest BCUT2D eigenvalue weighted by molar-refractivity contribution is 5.93. The Labute approximate surface area is 202 Å². The van der Waals surface area contributed by atoms with Crippen LogP contribution in [0.2, 0.25) is 0 Å². The Morgan fingerprint density at radius 1 is 1.15 bits per heavy atom. The van der Waals surface area contributed by atoms with Crippen LogP contribution in [-0.4, -0.2) is 19.2 Å². The van der Waals surface area contributed by atoms with Gasteiger partial charge in [-0.15, -0.1) is 0 Å². The van der Waals surface area contributed by atoms with E-state index < -0.39 is 0 Å². The SMILES string of the molecule is C=CC(C)=C(C1=C(C)CCCC1(C)C)c1ccc(C(=O)OCCCCCCC)cc1OCC. The second kappa shape index (κ2) is 12.8. The third-order valence-electron chi connectivity index (χ3n) is 6.68. The Balaban J connectivity index is 2.38. The molecule has 0 spiro atoms. The minimum absolute atomic E-state index is 0.0702. The Bertz CT molecular complexity index is 886. The summed E-state index contributed by atoms with van der Waals surface area (Å²) in [6.45, 7) is 18.3. The van der Waals surface area contributed by atoms with Gasteiger partial charge in [0.15, 0.2) is 0 Å². The normalized spacial score (nSPS) is 16.3. The van der Waals surface area contributed by atoms with Crippen molar-refractivity contribution in [3.63, 3.8) is 0 Å². The van der Waals surface area contributed by atoms with E-state index in [1.165, 1.54) is 42.4 Å². The average Bonchev–Trinajstić information content (AvgIpc) is 2.78. The predicted molar refractivity (Wildman–Crippen MR) is 140 cm³/mol. The minimum atomic E-state index is -0.280. The third kappa shape index (κ3) is 7.09. The van der Waals surface area contributed by atoms with Gasteiger partial charge in [0.1, 0.15) is 5.75 Å². The Morgan fingerprint density at radius 2 is 1.88 bits per heavy atom. The largest absolute Gasteiger partial charge is 0.493 e. The molecule has 0 aliphatic heterocycles. The Kier molecular flexibility index (Phi) is 10.5. The number of allylic oxidation sites excluding steroid dienone is 5. The summed E-state index contributed by atoms with van der Waals surface area (Å²) in [5.74, 6) is 0.449. The smallest absolute Gasteiger partial charge is 0.338 e. The van der Waals surface area contributed by atoms with E-state index >= 15 is 0 Å². The zero-order valence-electron chi connectivity index (χ0n) is 21.8. The fourth-order valence-corrected chi connectivity index (χ4v) is 4.91. The molecule has 0 N–H and O–H groups in total. The maximum atomic E-state index is 12.7. The standard InChI is InChI=1S/C30H44O3/c1-8-11-12-13-14-20-33-29(31)24-17-18-25(26(21-24)32-10-3)27(22(4)9-2)28-23(5)16-15-19-30(28,6)7/h9,17-18,21H,2,8,10-16,19-20H2,1,3-7H3. The van der Waals surface area contributed by atoms with Crippen LogP contribution in [0.1, 0.15) is 109 Å². The molecule has 0 heterocycles. The predicted octanol–water partition coefficient (Wildman–Crippen LogP) is 8.70. The number of carbonyl (C=O) groups excluding carboxylic acids is 1. The van der Waals surface area contributed by atoms with E-state index in [1.54, 1.807) is 0 Å². The fourth-order valence-electron chi connectivity index (χ4n) is 4.91.